The van der Waals surface area contributed by atoms with Crippen LogP contribution in [0.3, 0.4) is 0 Å². The first-order valence-corrected chi connectivity index (χ1v) is 9.85. The number of ether oxygens (including phenoxy) is 2. The van der Waals surface area contributed by atoms with E-state index in [0.717, 1.165) is 6.42 Å². The number of rotatable bonds is 12. The van der Waals surface area contributed by atoms with Gasteiger partial charge in [-0.25, -0.2) is 0 Å². The van der Waals surface area contributed by atoms with E-state index in [4.69, 9.17) is 4.74 Å². The number of unbranched alkanes of at least 4 members (excludes halogenated alkanes) is 1. The molecule has 1 atom stereocenters. The van der Waals surface area contributed by atoms with Crippen molar-refractivity contribution in [3.05, 3.63) is 24.3 Å². The van der Waals surface area contributed by atoms with Crippen LogP contribution in [0.25, 0.3) is 0 Å². The molecule has 0 aliphatic heterocycles. The average Bonchev–Trinajstić information content (AvgIpc) is 2.65. The summed E-state index contributed by atoms with van der Waals surface area (Å²) in [5.41, 5.74) is 0. The molecule has 5 heteroatoms. The molecule has 5 nitrogen and oxygen atoms in total. The van der Waals surface area contributed by atoms with Crippen LogP contribution in [0.2, 0.25) is 0 Å². The molecule has 148 valence electrons. The minimum Gasteiger partial charge on any atom is -0.469 e. The van der Waals surface area contributed by atoms with Gasteiger partial charge in [-0.3, -0.25) is 9.59 Å². The quantitative estimate of drug-likeness (QED) is 0.320. The van der Waals surface area contributed by atoms with Gasteiger partial charge < -0.3 is 14.6 Å². The van der Waals surface area contributed by atoms with Gasteiger partial charge in [0.05, 0.1) is 19.8 Å². The van der Waals surface area contributed by atoms with Crippen LogP contribution in [0, 0.1) is 5.92 Å². The smallest absolute Gasteiger partial charge is 0.305 e. The van der Waals surface area contributed by atoms with Gasteiger partial charge in [0.2, 0.25) is 0 Å². The summed E-state index contributed by atoms with van der Waals surface area (Å²) in [5.74, 6) is 0.182. The molecule has 0 aromatic rings. The topological polar surface area (TPSA) is 72.8 Å². The lowest BCUT2D eigenvalue weighted by Crippen LogP contribution is -2.14. The van der Waals surface area contributed by atoms with Crippen LogP contribution in [-0.4, -0.2) is 36.9 Å². The van der Waals surface area contributed by atoms with E-state index in [1.54, 1.807) is 0 Å². The number of carbonyl (C=O) groups excluding carboxylic acids is 2. The molecule has 0 unspecified atom stereocenters. The molecule has 0 spiro atoms. The Bertz CT molecular complexity index is 449. The van der Waals surface area contributed by atoms with Crippen LogP contribution in [0.4, 0.5) is 0 Å². The molecule has 26 heavy (non-hydrogen) atoms. The zero-order valence-electron chi connectivity index (χ0n) is 16.0. The van der Waals surface area contributed by atoms with Crippen molar-refractivity contribution in [2.75, 3.05) is 13.7 Å². The van der Waals surface area contributed by atoms with E-state index in [0.29, 0.717) is 44.6 Å². The summed E-state index contributed by atoms with van der Waals surface area (Å²) in [4.78, 5) is 22.4. The molecule has 1 rings (SSSR count). The van der Waals surface area contributed by atoms with E-state index in [9.17, 15) is 14.7 Å². The standard InChI is InChI=1S/C21H34O5/c1-25-20(23)14-8-9-15-21(24)26-16-10-3-2-7-13-19(22)17-18-11-5-4-6-12-18/h2-3,7,13,18-19,22H,4-6,8-12,14-17H2,1H3/b3-2-,13-7+/t19-/m1/s1. The van der Waals surface area contributed by atoms with Crippen molar-refractivity contribution in [2.24, 2.45) is 5.92 Å². The SMILES string of the molecule is COC(=O)CCCCC(=O)OCC/C=C\C=C\[C@@H](O)CC1CCCCC1. The maximum atomic E-state index is 11.5. The molecule has 0 aromatic carbocycles. The highest BCUT2D eigenvalue weighted by molar-refractivity contribution is 5.70. The van der Waals surface area contributed by atoms with Crippen molar-refractivity contribution in [1.29, 1.82) is 0 Å². The minimum atomic E-state index is -0.370. The molecular weight excluding hydrogens is 332 g/mol. The number of hydrogen-bond donors (Lipinski definition) is 1. The Balaban J connectivity index is 2.00. The maximum Gasteiger partial charge on any atom is 0.305 e. The Morgan fingerprint density at radius 1 is 1.08 bits per heavy atom. The van der Waals surface area contributed by atoms with E-state index in [-0.39, 0.29) is 18.0 Å². The number of esters is 2. The number of aliphatic hydroxyl groups is 1. The van der Waals surface area contributed by atoms with E-state index >= 15 is 0 Å². The zero-order valence-corrected chi connectivity index (χ0v) is 16.0. The second-order valence-corrected chi connectivity index (χ2v) is 6.91. The number of allylic oxidation sites excluding steroid dienone is 2. The minimum absolute atomic E-state index is 0.235. The summed E-state index contributed by atoms with van der Waals surface area (Å²) in [7, 11) is 1.36. The highest BCUT2D eigenvalue weighted by Crippen LogP contribution is 2.27. The lowest BCUT2D eigenvalue weighted by atomic mass is 9.85. The van der Waals surface area contributed by atoms with Crippen molar-refractivity contribution in [3.63, 3.8) is 0 Å². The fourth-order valence-corrected chi connectivity index (χ4v) is 3.16. The summed E-state index contributed by atoms with van der Waals surface area (Å²) < 4.78 is 9.66. The first-order valence-electron chi connectivity index (χ1n) is 9.85. The summed E-state index contributed by atoms with van der Waals surface area (Å²) in [6.07, 6.45) is 17.0. The molecular formula is C21H34O5. The average molecular weight is 366 g/mol. The lowest BCUT2D eigenvalue weighted by molar-refractivity contribution is -0.144. The third-order valence-electron chi connectivity index (χ3n) is 4.67. The Kier molecular flexibility index (Phi) is 12.5. The lowest BCUT2D eigenvalue weighted by Gasteiger charge is -2.22. The van der Waals surface area contributed by atoms with Crippen LogP contribution in [0.1, 0.15) is 70.6 Å². The molecule has 1 N–H and O–H groups in total. The van der Waals surface area contributed by atoms with Crippen LogP contribution in [-0.2, 0) is 19.1 Å². The molecule has 0 saturated heterocycles. The number of carbonyl (C=O) groups is 2. The summed E-state index contributed by atoms with van der Waals surface area (Å²) in [6.45, 7) is 0.352. The molecule has 0 bridgehead atoms. The Morgan fingerprint density at radius 2 is 1.77 bits per heavy atom. The molecule has 0 amide bonds. The second kappa shape index (κ2) is 14.5. The maximum absolute atomic E-state index is 11.5. The van der Waals surface area contributed by atoms with Crippen LogP contribution in [0.15, 0.2) is 24.3 Å². The van der Waals surface area contributed by atoms with E-state index in [2.05, 4.69) is 4.74 Å². The van der Waals surface area contributed by atoms with E-state index < -0.39 is 0 Å². The molecule has 1 fully saturated rings. The van der Waals surface area contributed by atoms with Crippen molar-refractivity contribution < 1.29 is 24.2 Å². The van der Waals surface area contributed by atoms with Crippen molar-refractivity contribution in [2.45, 2.75) is 76.7 Å². The summed E-state index contributed by atoms with van der Waals surface area (Å²) >= 11 is 0. The van der Waals surface area contributed by atoms with Gasteiger partial charge in [0.25, 0.3) is 0 Å². The van der Waals surface area contributed by atoms with Crippen molar-refractivity contribution >= 4 is 11.9 Å². The molecule has 1 aliphatic rings. The summed E-state index contributed by atoms with van der Waals surface area (Å²) in [5, 5.41) is 10.0. The van der Waals surface area contributed by atoms with Crippen LogP contribution >= 0.6 is 0 Å². The second-order valence-electron chi connectivity index (χ2n) is 6.91. The van der Waals surface area contributed by atoms with E-state index in [1.165, 1.54) is 39.2 Å². The summed E-state index contributed by atoms with van der Waals surface area (Å²) in [6, 6.07) is 0. The van der Waals surface area contributed by atoms with Crippen molar-refractivity contribution in [1.82, 2.24) is 0 Å². The van der Waals surface area contributed by atoms with Gasteiger partial charge in [0.1, 0.15) is 0 Å². The number of aliphatic hydroxyl groups excluding tert-OH is 1. The monoisotopic (exact) mass is 366 g/mol. The normalized spacial score (nSPS) is 16.8. The largest absolute Gasteiger partial charge is 0.469 e. The Labute approximate surface area is 157 Å². The van der Waals surface area contributed by atoms with Gasteiger partial charge in [-0.15, -0.1) is 0 Å². The number of hydrogen-bond acceptors (Lipinski definition) is 5. The fraction of sp³-hybridized carbons (Fsp3) is 0.714. The van der Waals surface area contributed by atoms with Crippen LogP contribution < -0.4 is 0 Å². The predicted molar refractivity (Wildman–Crippen MR) is 102 cm³/mol. The molecule has 0 heterocycles. The fourth-order valence-electron chi connectivity index (χ4n) is 3.16. The number of methoxy groups -OCH3 is 1. The van der Waals surface area contributed by atoms with Gasteiger partial charge in [0, 0.05) is 12.8 Å². The zero-order chi connectivity index (χ0) is 19.0. The Morgan fingerprint density at radius 3 is 2.46 bits per heavy atom. The predicted octanol–water partition coefficient (Wildman–Crippen LogP) is 4.10. The third-order valence-corrected chi connectivity index (χ3v) is 4.67. The first kappa shape index (κ1) is 22.4. The van der Waals surface area contributed by atoms with Crippen molar-refractivity contribution in [3.8, 4) is 0 Å². The first-order chi connectivity index (χ1) is 12.6. The third kappa shape index (κ3) is 11.9. The highest BCUT2D eigenvalue weighted by atomic mass is 16.5. The van der Waals surface area contributed by atoms with Gasteiger partial charge in [-0.1, -0.05) is 56.4 Å². The van der Waals surface area contributed by atoms with Gasteiger partial charge >= 0.3 is 11.9 Å². The van der Waals surface area contributed by atoms with Gasteiger partial charge in [-0.05, 0) is 31.6 Å². The van der Waals surface area contributed by atoms with Gasteiger partial charge in [-0.2, -0.15) is 0 Å². The molecule has 1 aliphatic carbocycles. The highest BCUT2D eigenvalue weighted by Gasteiger charge is 2.15. The molecule has 0 aromatic heterocycles. The van der Waals surface area contributed by atoms with Gasteiger partial charge in [0.15, 0.2) is 0 Å². The molecule has 1 saturated carbocycles. The van der Waals surface area contributed by atoms with E-state index in [1.807, 2.05) is 24.3 Å². The Hall–Kier alpha value is -1.62. The molecule has 0 radical (unpaired) electrons. The van der Waals surface area contributed by atoms with Crippen LogP contribution in [0.5, 0.6) is 0 Å².